The maximum absolute atomic E-state index is 11.9. The van der Waals surface area contributed by atoms with Crippen LogP contribution in [-0.4, -0.2) is 32.6 Å². The summed E-state index contributed by atoms with van der Waals surface area (Å²) < 4.78 is 21.7. The van der Waals surface area contributed by atoms with Gasteiger partial charge in [0.05, 0.1) is 39.0 Å². The summed E-state index contributed by atoms with van der Waals surface area (Å²) in [6, 6.07) is 0. The Morgan fingerprint density at radius 1 is 0.643 bits per heavy atom. The summed E-state index contributed by atoms with van der Waals surface area (Å²) in [5, 5.41) is 0. The standard InChI is InChI=1S/C23H38O5/c1-3-13-25-15-19-5-9-21(10-6-19)17-27-23(24)28-18-22-11-7-20(8-12-22)16-26-14-4-2/h3-4,13-14,19-22H,5-12,15-18H2,1-2H3. The average Bonchev–Trinajstić information content (AvgIpc) is 2.73. The van der Waals surface area contributed by atoms with Crippen molar-refractivity contribution >= 4 is 6.16 Å². The molecule has 5 nitrogen and oxygen atoms in total. The fraction of sp³-hybridized carbons (Fsp3) is 0.783. The summed E-state index contributed by atoms with van der Waals surface area (Å²) in [6.07, 6.45) is 15.8. The molecule has 0 aliphatic heterocycles. The first kappa shape index (κ1) is 22.6. The molecule has 5 heteroatoms. The van der Waals surface area contributed by atoms with Gasteiger partial charge in [-0.25, -0.2) is 4.79 Å². The minimum absolute atomic E-state index is 0.457. The first-order valence-electron chi connectivity index (χ1n) is 11.0. The summed E-state index contributed by atoms with van der Waals surface area (Å²) in [5.41, 5.74) is 0. The third kappa shape index (κ3) is 9.03. The van der Waals surface area contributed by atoms with Crippen LogP contribution < -0.4 is 0 Å². The van der Waals surface area contributed by atoms with Crippen LogP contribution in [0.4, 0.5) is 4.79 Å². The van der Waals surface area contributed by atoms with Gasteiger partial charge in [-0.15, -0.1) is 0 Å². The van der Waals surface area contributed by atoms with E-state index in [4.69, 9.17) is 18.9 Å². The molecule has 0 saturated heterocycles. The molecule has 0 atom stereocenters. The van der Waals surface area contributed by atoms with E-state index in [1.807, 2.05) is 26.0 Å². The van der Waals surface area contributed by atoms with Crippen molar-refractivity contribution in [2.45, 2.75) is 65.2 Å². The van der Waals surface area contributed by atoms with Crippen LogP contribution in [0.3, 0.4) is 0 Å². The van der Waals surface area contributed by atoms with Crippen molar-refractivity contribution in [1.82, 2.24) is 0 Å². The first-order chi connectivity index (χ1) is 13.7. The zero-order valence-corrected chi connectivity index (χ0v) is 17.6. The molecule has 0 aromatic heterocycles. The van der Waals surface area contributed by atoms with Gasteiger partial charge in [-0.2, -0.15) is 0 Å². The normalized spacial score (nSPS) is 28.4. The Balaban J connectivity index is 1.50. The molecule has 2 aliphatic carbocycles. The molecule has 160 valence electrons. The second-order valence-corrected chi connectivity index (χ2v) is 8.25. The molecule has 2 fully saturated rings. The smallest absolute Gasteiger partial charge is 0.501 e. The number of rotatable bonds is 10. The van der Waals surface area contributed by atoms with Crippen molar-refractivity contribution in [3.63, 3.8) is 0 Å². The average molecular weight is 395 g/mol. The van der Waals surface area contributed by atoms with Gasteiger partial charge in [0.2, 0.25) is 0 Å². The van der Waals surface area contributed by atoms with Crippen molar-refractivity contribution in [2.24, 2.45) is 23.7 Å². The predicted octanol–water partition coefficient (Wildman–Crippen LogP) is 5.85. The molecular formula is C23H38O5. The van der Waals surface area contributed by atoms with Gasteiger partial charge in [0.15, 0.2) is 0 Å². The molecule has 0 aromatic carbocycles. The van der Waals surface area contributed by atoms with Crippen molar-refractivity contribution in [3.8, 4) is 0 Å². The van der Waals surface area contributed by atoms with Gasteiger partial charge in [0.25, 0.3) is 0 Å². The second kappa shape index (κ2) is 13.5. The van der Waals surface area contributed by atoms with E-state index < -0.39 is 6.16 Å². The highest BCUT2D eigenvalue weighted by Gasteiger charge is 2.24. The van der Waals surface area contributed by atoms with Gasteiger partial charge in [0, 0.05) is 0 Å². The van der Waals surface area contributed by atoms with Crippen LogP contribution in [0.25, 0.3) is 0 Å². The van der Waals surface area contributed by atoms with Crippen LogP contribution >= 0.6 is 0 Å². The summed E-state index contributed by atoms with van der Waals surface area (Å²) >= 11 is 0. The predicted molar refractivity (Wildman–Crippen MR) is 110 cm³/mol. The third-order valence-corrected chi connectivity index (χ3v) is 5.93. The quantitative estimate of drug-likeness (QED) is 0.343. The summed E-state index contributed by atoms with van der Waals surface area (Å²) in [4.78, 5) is 11.9. The Morgan fingerprint density at radius 3 is 1.29 bits per heavy atom. The molecule has 0 heterocycles. The van der Waals surface area contributed by atoms with E-state index in [1.54, 1.807) is 12.5 Å². The molecule has 28 heavy (non-hydrogen) atoms. The van der Waals surface area contributed by atoms with Gasteiger partial charge in [-0.3, -0.25) is 0 Å². The molecule has 2 rings (SSSR count). The molecule has 0 N–H and O–H groups in total. The monoisotopic (exact) mass is 394 g/mol. The summed E-state index contributed by atoms with van der Waals surface area (Å²) in [7, 11) is 0. The lowest BCUT2D eigenvalue weighted by atomic mass is 9.83. The number of ether oxygens (including phenoxy) is 4. The van der Waals surface area contributed by atoms with Crippen LogP contribution in [0.15, 0.2) is 24.7 Å². The third-order valence-electron chi connectivity index (χ3n) is 5.93. The Hall–Kier alpha value is -1.65. The maximum atomic E-state index is 11.9. The number of hydrogen-bond acceptors (Lipinski definition) is 5. The topological polar surface area (TPSA) is 54.0 Å². The number of carbonyl (C=O) groups is 1. The van der Waals surface area contributed by atoms with E-state index in [0.29, 0.717) is 36.9 Å². The highest BCUT2D eigenvalue weighted by molar-refractivity contribution is 5.59. The molecule has 2 saturated carbocycles. The maximum Gasteiger partial charge on any atom is 0.508 e. The molecule has 0 spiro atoms. The van der Waals surface area contributed by atoms with Gasteiger partial charge >= 0.3 is 6.16 Å². The molecule has 0 bridgehead atoms. The minimum Gasteiger partial charge on any atom is -0.501 e. The second-order valence-electron chi connectivity index (χ2n) is 8.25. The van der Waals surface area contributed by atoms with E-state index in [2.05, 4.69) is 0 Å². The van der Waals surface area contributed by atoms with Crippen LogP contribution in [0.1, 0.15) is 65.2 Å². The lowest BCUT2D eigenvalue weighted by Crippen LogP contribution is -2.25. The van der Waals surface area contributed by atoms with Crippen molar-refractivity contribution in [3.05, 3.63) is 24.7 Å². The highest BCUT2D eigenvalue weighted by Crippen LogP contribution is 2.30. The van der Waals surface area contributed by atoms with Crippen LogP contribution in [0.2, 0.25) is 0 Å². The van der Waals surface area contributed by atoms with E-state index in [0.717, 1.165) is 64.6 Å². The number of hydrogen-bond donors (Lipinski definition) is 0. The largest absolute Gasteiger partial charge is 0.508 e. The Morgan fingerprint density at radius 2 is 0.964 bits per heavy atom. The molecule has 0 unspecified atom stereocenters. The highest BCUT2D eigenvalue weighted by atomic mass is 16.7. The molecule has 0 aromatic rings. The van der Waals surface area contributed by atoms with Gasteiger partial charge in [-0.1, -0.05) is 12.2 Å². The van der Waals surface area contributed by atoms with E-state index in [-0.39, 0.29) is 0 Å². The zero-order valence-electron chi connectivity index (χ0n) is 17.6. The van der Waals surface area contributed by atoms with Gasteiger partial charge in [0.1, 0.15) is 0 Å². The molecular weight excluding hydrogens is 356 g/mol. The van der Waals surface area contributed by atoms with Crippen molar-refractivity contribution < 1.29 is 23.7 Å². The minimum atomic E-state index is -0.503. The van der Waals surface area contributed by atoms with Crippen molar-refractivity contribution in [1.29, 1.82) is 0 Å². The SMILES string of the molecule is CC=COCC1CCC(COC(=O)OCC2CCC(COC=CC)CC2)CC1. The number of allylic oxidation sites excluding steroid dienone is 2. The van der Waals surface area contributed by atoms with Crippen LogP contribution in [-0.2, 0) is 18.9 Å². The molecule has 2 aliphatic rings. The first-order valence-corrected chi connectivity index (χ1v) is 11.0. The Labute approximate surface area is 170 Å². The fourth-order valence-electron chi connectivity index (χ4n) is 4.12. The molecule has 0 amide bonds. The summed E-state index contributed by atoms with van der Waals surface area (Å²) in [5.74, 6) is 2.16. The van der Waals surface area contributed by atoms with Gasteiger partial charge in [-0.05, 0) is 88.9 Å². The van der Waals surface area contributed by atoms with E-state index in [9.17, 15) is 4.79 Å². The zero-order chi connectivity index (χ0) is 20.0. The molecule has 0 radical (unpaired) electrons. The Bertz CT molecular complexity index is 429. The van der Waals surface area contributed by atoms with E-state index in [1.165, 1.54) is 0 Å². The van der Waals surface area contributed by atoms with Crippen LogP contribution in [0.5, 0.6) is 0 Å². The lowest BCUT2D eigenvalue weighted by Gasteiger charge is -2.28. The Kier molecular flexibility index (Phi) is 10.9. The van der Waals surface area contributed by atoms with Crippen molar-refractivity contribution in [2.75, 3.05) is 26.4 Å². The number of carbonyl (C=O) groups excluding carboxylic acids is 1. The summed E-state index contributed by atoms with van der Waals surface area (Å²) in [6.45, 7) is 6.47. The van der Waals surface area contributed by atoms with Gasteiger partial charge < -0.3 is 18.9 Å². The van der Waals surface area contributed by atoms with E-state index >= 15 is 0 Å². The van der Waals surface area contributed by atoms with Crippen LogP contribution in [0, 0.1) is 23.7 Å². The fourth-order valence-corrected chi connectivity index (χ4v) is 4.12. The lowest BCUT2D eigenvalue weighted by molar-refractivity contribution is 0.0201.